The van der Waals surface area contributed by atoms with E-state index in [4.69, 9.17) is 16.3 Å². The zero-order valence-corrected chi connectivity index (χ0v) is 15.8. The molecule has 1 heterocycles. The maximum absolute atomic E-state index is 13.1. The number of carbonyl (C=O) groups excluding carboxylic acids is 1. The molecule has 3 rings (SSSR count). The molecule has 1 N–H and O–H groups in total. The van der Waals surface area contributed by atoms with E-state index in [0.717, 1.165) is 11.1 Å². The molecule has 0 radical (unpaired) electrons. The molecular formula is C20H19ClFN3O2. The van der Waals surface area contributed by atoms with Crippen molar-refractivity contribution in [1.29, 1.82) is 0 Å². The number of benzene rings is 2. The summed E-state index contributed by atoms with van der Waals surface area (Å²) >= 11 is 6.38. The van der Waals surface area contributed by atoms with E-state index in [1.807, 2.05) is 24.3 Å². The predicted molar refractivity (Wildman–Crippen MR) is 102 cm³/mol. The summed E-state index contributed by atoms with van der Waals surface area (Å²) in [6.07, 6.45) is 0. The smallest absolute Gasteiger partial charge is 0.256 e. The van der Waals surface area contributed by atoms with E-state index in [9.17, 15) is 9.18 Å². The number of aryl methyl sites for hydroxylation is 1. The lowest BCUT2D eigenvalue weighted by Gasteiger charge is -2.07. The Morgan fingerprint density at radius 2 is 1.93 bits per heavy atom. The molecule has 0 saturated carbocycles. The lowest BCUT2D eigenvalue weighted by molar-refractivity contribution is 0.0950. The molecule has 0 aliphatic rings. The van der Waals surface area contributed by atoms with Gasteiger partial charge >= 0.3 is 0 Å². The van der Waals surface area contributed by atoms with Gasteiger partial charge < -0.3 is 10.1 Å². The molecule has 1 aromatic heterocycles. The van der Waals surface area contributed by atoms with Crippen LogP contribution in [0.4, 0.5) is 4.39 Å². The largest absolute Gasteiger partial charge is 0.380 e. The van der Waals surface area contributed by atoms with Crippen LogP contribution in [0.1, 0.15) is 27.2 Å². The zero-order chi connectivity index (χ0) is 19.4. The molecule has 1 amide bonds. The Morgan fingerprint density at radius 3 is 2.63 bits per heavy atom. The lowest BCUT2D eigenvalue weighted by Crippen LogP contribution is -2.23. The quantitative estimate of drug-likeness (QED) is 0.694. The summed E-state index contributed by atoms with van der Waals surface area (Å²) < 4.78 is 19.7. The van der Waals surface area contributed by atoms with E-state index in [0.29, 0.717) is 30.1 Å². The number of aromatic nitrogens is 2. The van der Waals surface area contributed by atoms with Crippen molar-refractivity contribution in [1.82, 2.24) is 15.1 Å². The topological polar surface area (TPSA) is 56.1 Å². The summed E-state index contributed by atoms with van der Waals surface area (Å²) in [6.45, 7) is 2.57. The fourth-order valence-corrected chi connectivity index (χ4v) is 3.14. The number of hydrogen-bond donors (Lipinski definition) is 1. The standard InChI is InChI=1S/C20H19ClFN3O2/c1-13-18(19(21)25(24-13)17-8-6-16(22)7-9-17)20(26)23-11-14-4-3-5-15(10-14)12-27-2/h3-10H,11-12H2,1-2H3,(H,23,26). The van der Waals surface area contributed by atoms with Gasteiger partial charge in [-0.25, -0.2) is 9.07 Å². The lowest BCUT2D eigenvalue weighted by atomic mass is 10.1. The maximum Gasteiger partial charge on any atom is 0.256 e. The van der Waals surface area contributed by atoms with Crippen molar-refractivity contribution in [3.8, 4) is 5.69 Å². The van der Waals surface area contributed by atoms with Crippen molar-refractivity contribution < 1.29 is 13.9 Å². The first-order chi connectivity index (χ1) is 13.0. The third-order valence-corrected chi connectivity index (χ3v) is 4.41. The number of carbonyl (C=O) groups is 1. The molecule has 7 heteroatoms. The van der Waals surface area contributed by atoms with Gasteiger partial charge in [0.2, 0.25) is 0 Å². The first kappa shape index (κ1) is 19.1. The molecule has 2 aromatic carbocycles. The Morgan fingerprint density at radius 1 is 1.22 bits per heavy atom. The average molecular weight is 388 g/mol. The Bertz CT molecular complexity index is 954. The van der Waals surface area contributed by atoms with Crippen molar-refractivity contribution in [3.05, 3.63) is 81.9 Å². The Labute approximate surface area is 161 Å². The molecule has 0 unspecified atom stereocenters. The molecule has 5 nitrogen and oxygen atoms in total. The van der Waals surface area contributed by atoms with Gasteiger partial charge in [-0.05, 0) is 42.3 Å². The summed E-state index contributed by atoms with van der Waals surface area (Å²) in [5.74, 6) is -0.671. The zero-order valence-electron chi connectivity index (χ0n) is 15.0. The van der Waals surface area contributed by atoms with E-state index in [1.54, 1.807) is 26.2 Å². The van der Waals surface area contributed by atoms with Crippen LogP contribution in [0.3, 0.4) is 0 Å². The number of halogens is 2. The van der Waals surface area contributed by atoms with Crippen molar-refractivity contribution in [2.24, 2.45) is 0 Å². The third-order valence-electron chi connectivity index (χ3n) is 4.06. The number of ether oxygens (including phenoxy) is 1. The molecule has 0 aliphatic heterocycles. The van der Waals surface area contributed by atoms with Gasteiger partial charge in [-0.2, -0.15) is 5.10 Å². The predicted octanol–water partition coefficient (Wildman–Crippen LogP) is 4.05. The van der Waals surface area contributed by atoms with Crippen molar-refractivity contribution in [3.63, 3.8) is 0 Å². The second-order valence-electron chi connectivity index (χ2n) is 6.08. The molecule has 0 saturated heterocycles. The molecule has 140 valence electrons. The first-order valence-electron chi connectivity index (χ1n) is 8.35. The van der Waals surface area contributed by atoms with Crippen LogP contribution in [0.15, 0.2) is 48.5 Å². The van der Waals surface area contributed by atoms with Gasteiger partial charge in [-0.3, -0.25) is 4.79 Å². The molecule has 0 atom stereocenters. The minimum absolute atomic E-state index is 0.185. The first-order valence-corrected chi connectivity index (χ1v) is 8.73. The number of methoxy groups -OCH3 is 1. The normalized spacial score (nSPS) is 10.8. The van der Waals surface area contributed by atoms with E-state index >= 15 is 0 Å². The third kappa shape index (κ3) is 4.35. The highest BCUT2D eigenvalue weighted by Crippen LogP contribution is 2.23. The van der Waals surface area contributed by atoms with Crippen LogP contribution in [0.5, 0.6) is 0 Å². The second-order valence-corrected chi connectivity index (χ2v) is 6.43. The minimum atomic E-state index is -0.354. The number of hydrogen-bond acceptors (Lipinski definition) is 3. The van der Waals surface area contributed by atoms with Crippen LogP contribution in [0.2, 0.25) is 5.15 Å². The summed E-state index contributed by atoms with van der Waals surface area (Å²) in [5, 5.41) is 7.36. The minimum Gasteiger partial charge on any atom is -0.380 e. The average Bonchev–Trinajstić information content (AvgIpc) is 2.95. The molecular weight excluding hydrogens is 369 g/mol. The molecule has 0 fully saturated rings. The number of nitrogens with zero attached hydrogens (tertiary/aromatic N) is 2. The summed E-state index contributed by atoms with van der Waals surface area (Å²) in [6, 6.07) is 13.5. The molecule has 0 bridgehead atoms. The second kappa shape index (κ2) is 8.33. The van der Waals surface area contributed by atoms with E-state index in [2.05, 4.69) is 10.4 Å². The van der Waals surface area contributed by atoms with Gasteiger partial charge in [0.25, 0.3) is 5.91 Å². The van der Waals surface area contributed by atoms with Crippen LogP contribution in [0, 0.1) is 12.7 Å². The van der Waals surface area contributed by atoms with Gasteiger partial charge in [0.1, 0.15) is 11.0 Å². The van der Waals surface area contributed by atoms with Crippen molar-refractivity contribution in [2.45, 2.75) is 20.1 Å². The van der Waals surface area contributed by atoms with Crippen molar-refractivity contribution >= 4 is 17.5 Å². The highest BCUT2D eigenvalue weighted by atomic mass is 35.5. The fourth-order valence-electron chi connectivity index (χ4n) is 2.78. The maximum atomic E-state index is 13.1. The van der Waals surface area contributed by atoms with Gasteiger partial charge in [-0.1, -0.05) is 35.9 Å². The molecule has 0 spiro atoms. The van der Waals surface area contributed by atoms with Crippen molar-refractivity contribution in [2.75, 3.05) is 7.11 Å². The van der Waals surface area contributed by atoms with E-state index < -0.39 is 0 Å². The SMILES string of the molecule is COCc1cccc(CNC(=O)c2c(C)nn(-c3ccc(F)cc3)c2Cl)c1. The summed E-state index contributed by atoms with van der Waals surface area (Å²) in [4.78, 5) is 12.6. The Hall–Kier alpha value is -2.70. The fraction of sp³-hybridized carbons (Fsp3) is 0.200. The van der Waals surface area contributed by atoms with E-state index in [1.165, 1.54) is 16.8 Å². The van der Waals surface area contributed by atoms with Crippen LogP contribution in [-0.4, -0.2) is 22.8 Å². The number of nitrogens with one attached hydrogen (secondary N) is 1. The highest BCUT2D eigenvalue weighted by Gasteiger charge is 2.21. The van der Waals surface area contributed by atoms with Gasteiger partial charge in [-0.15, -0.1) is 0 Å². The monoisotopic (exact) mass is 387 g/mol. The number of rotatable bonds is 6. The molecule has 0 aliphatic carbocycles. The van der Waals surface area contributed by atoms with E-state index in [-0.39, 0.29) is 16.9 Å². The Balaban J connectivity index is 1.77. The van der Waals surface area contributed by atoms with Gasteiger partial charge in [0.05, 0.1) is 23.6 Å². The van der Waals surface area contributed by atoms with Crippen LogP contribution in [0.25, 0.3) is 5.69 Å². The van der Waals surface area contributed by atoms with Gasteiger partial charge in [0.15, 0.2) is 0 Å². The summed E-state index contributed by atoms with van der Waals surface area (Å²) in [5.41, 5.74) is 3.36. The van der Waals surface area contributed by atoms with Crippen LogP contribution in [-0.2, 0) is 17.9 Å². The highest BCUT2D eigenvalue weighted by molar-refractivity contribution is 6.33. The molecule has 3 aromatic rings. The summed E-state index contributed by atoms with van der Waals surface area (Å²) in [7, 11) is 1.64. The number of amides is 1. The van der Waals surface area contributed by atoms with Gasteiger partial charge in [0, 0.05) is 13.7 Å². The van der Waals surface area contributed by atoms with Crippen LogP contribution >= 0.6 is 11.6 Å². The molecule has 27 heavy (non-hydrogen) atoms. The van der Waals surface area contributed by atoms with Crippen LogP contribution < -0.4 is 5.32 Å². The Kier molecular flexibility index (Phi) is 5.88.